The zero-order valence-corrected chi connectivity index (χ0v) is 11.3. The summed E-state index contributed by atoms with van der Waals surface area (Å²) in [6.07, 6.45) is 4.47. The number of nitrogens with zero attached hydrogens (tertiary/aromatic N) is 2. The Hall–Kier alpha value is -1.42. The van der Waals surface area contributed by atoms with E-state index in [0.717, 1.165) is 18.5 Å². The van der Waals surface area contributed by atoms with Gasteiger partial charge in [0.25, 0.3) is 0 Å². The first-order chi connectivity index (χ1) is 8.61. The molecular weight excluding hydrogens is 226 g/mol. The number of carbonyl (C=O) groups excluding carboxylic acids is 1. The molecule has 1 aromatic heterocycles. The Kier molecular flexibility index (Phi) is 3.97. The molecule has 1 fully saturated rings. The average molecular weight is 247 g/mol. The summed E-state index contributed by atoms with van der Waals surface area (Å²) >= 11 is 0. The monoisotopic (exact) mass is 247 g/mol. The van der Waals surface area contributed by atoms with Crippen molar-refractivity contribution in [2.75, 3.05) is 13.6 Å². The van der Waals surface area contributed by atoms with E-state index in [-0.39, 0.29) is 23.9 Å². The van der Waals surface area contributed by atoms with E-state index < -0.39 is 0 Å². The lowest BCUT2D eigenvalue weighted by molar-refractivity contribution is -0.136. The van der Waals surface area contributed by atoms with Gasteiger partial charge in [-0.3, -0.25) is 9.78 Å². The molecule has 2 heterocycles. The molecule has 0 aliphatic carbocycles. The molecule has 1 aromatic rings. The number of amides is 1. The highest BCUT2D eigenvalue weighted by Gasteiger charge is 2.32. The molecule has 0 aromatic carbocycles. The van der Waals surface area contributed by atoms with Gasteiger partial charge in [-0.25, -0.2) is 0 Å². The summed E-state index contributed by atoms with van der Waals surface area (Å²) < 4.78 is 0. The van der Waals surface area contributed by atoms with Crippen molar-refractivity contribution in [3.05, 3.63) is 30.1 Å². The largest absolute Gasteiger partial charge is 0.339 e. The fourth-order valence-electron chi connectivity index (χ4n) is 2.51. The van der Waals surface area contributed by atoms with Crippen molar-refractivity contribution in [2.24, 2.45) is 5.92 Å². The first kappa shape index (κ1) is 13.0. The van der Waals surface area contributed by atoms with Crippen molar-refractivity contribution in [1.29, 1.82) is 0 Å². The third-order valence-electron chi connectivity index (χ3n) is 3.96. The Morgan fingerprint density at radius 1 is 1.50 bits per heavy atom. The summed E-state index contributed by atoms with van der Waals surface area (Å²) in [5.41, 5.74) is 1.12. The molecule has 4 nitrogen and oxygen atoms in total. The summed E-state index contributed by atoms with van der Waals surface area (Å²) in [6.45, 7) is 5.08. The smallest absolute Gasteiger partial charge is 0.227 e. The van der Waals surface area contributed by atoms with Crippen LogP contribution in [0.25, 0.3) is 0 Å². The molecule has 0 saturated carbocycles. The van der Waals surface area contributed by atoms with E-state index in [1.165, 1.54) is 0 Å². The van der Waals surface area contributed by atoms with Crippen LogP contribution in [0.5, 0.6) is 0 Å². The third kappa shape index (κ3) is 2.53. The zero-order valence-electron chi connectivity index (χ0n) is 11.3. The van der Waals surface area contributed by atoms with Crippen molar-refractivity contribution in [3.63, 3.8) is 0 Å². The molecule has 1 amide bonds. The maximum Gasteiger partial charge on any atom is 0.227 e. The number of nitrogens with one attached hydrogen (secondary N) is 1. The molecule has 1 N–H and O–H groups in total. The Morgan fingerprint density at radius 3 is 2.72 bits per heavy atom. The van der Waals surface area contributed by atoms with Crippen LogP contribution in [0.1, 0.15) is 31.9 Å². The maximum atomic E-state index is 12.4. The van der Waals surface area contributed by atoms with Crippen LogP contribution < -0.4 is 5.32 Å². The van der Waals surface area contributed by atoms with Gasteiger partial charge in [0, 0.05) is 25.5 Å². The zero-order chi connectivity index (χ0) is 13.1. The van der Waals surface area contributed by atoms with Gasteiger partial charge in [-0.1, -0.05) is 0 Å². The molecule has 1 aliphatic rings. The molecule has 1 aliphatic heterocycles. The quantitative estimate of drug-likeness (QED) is 0.882. The van der Waals surface area contributed by atoms with E-state index in [1.54, 1.807) is 12.4 Å². The van der Waals surface area contributed by atoms with E-state index in [2.05, 4.69) is 24.1 Å². The molecule has 0 spiro atoms. The van der Waals surface area contributed by atoms with Crippen molar-refractivity contribution in [3.8, 4) is 0 Å². The van der Waals surface area contributed by atoms with Crippen molar-refractivity contribution < 1.29 is 4.79 Å². The van der Waals surface area contributed by atoms with Gasteiger partial charge in [-0.2, -0.15) is 0 Å². The highest BCUT2D eigenvalue weighted by Crippen LogP contribution is 2.24. The number of pyridine rings is 1. The molecule has 98 valence electrons. The third-order valence-corrected chi connectivity index (χ3v) is 3.96. The van der Waals surface area contributed by atoms with Crippen LogP contribution in [0.3, 0.4) is 0 Å². The summed E-state index contributed by atoms with van der Waals surface area (Å²) in [4.78, 5) is 18.3. The maximum absolute atomic E-state index is 12.4. The minimum atomic E-state index is 0.0910. The van der Waals surface area contributed by atoms with E-state index in [0.29, 0.717) is 0 Å². The number of carbonyl (C=O) groups is 1. The summed E-state index contributed by atoms with van der Waals surface area (Å²) in [7, 11) is 1.89. The van der Waals surface area contributed by atoms with Crippen LogP contribution in [0.4, 0.5) is 0 Å². The molecule has 0 bridgehead atoms. The predicted molar refractivity (Wildman–Crippen MR) is 71.0 cm³/mol. The standard InChI is InChI=1S/C14H21N3O/c1-10-13(6-9-16-10)14(18)17(3)11(2)12-4-7-15-8-5-12/h4-5,7-8,10-11,13,16H,6,9H2,1-3H3. The van der Waals surface area contributed by atoms with Gasteiger partial charge < -0.3 is 10.2 Å². The van der Waals surface area contributed by atoms with Crippen molar-refractivity contribution in [2.45, 2.75) is 32.4 Å². The van der Waals surface area contributed by atoms with Crippen LogP contribution in [0.2, 0.25) is 0 Å². The van der Waals surface area contributed by atoms with Crippen molar-refractivity contribution in [1.82, 2.24) is 15.2 Å². The molecular formula is C14H21N3O. The lowest BCUT2D eigenvalue weighted by Crippen LogP contribution is -2.39. The minimum absolute atomic E-state index is 0.0910. The molecule has 3 atom stereocenters. The van der Waals surface area contributed by atoms with Crippen LogP contribution in [-0.2, 0) is 4.79 Å². The van der Waals surface area contributed by atoms with Gasteiger partial charge in [0.1, 0.15) is 0 Å². The number of hydrogen-bond donors (Lipinski definition) is 1. The first-order valence-electron chi connectivity index (χ1n) is 6.51. The molecule has 0 radical (unpaired) electrons. The second-order valence-corrected chi connectivity index (χ2v) is 5.04. The second-order valence-electron chi connectivity index (χ2n) is 5.04. The Balaban J connectivity index is 2.07. The normalized spacial score (nSPS) is 24.8. The number of rotatable bonds is 3. The fourth-order valence-corrected chi connectivity index (χ4v) is 2.51. The lowest BCUT2D eigenvalue weighted by atomic mass is 9.99. The molecule has 1 saturated heterocycles. The average Bonchev–Trinajstić information content (AvgIpc) is 2.83. The van der Waals surface area contributed by atoms with Gasteiger partial charge >= 0.3 is 0 Å². The van der Waals surface area contributed by atoms with Gasteiger partial charge in [0.2, 0.25) is 5.91 Å². The van der Waals surface area contributed by atoms with Gasteiger partial charge in [0.05, 0.1) is 12.0 Å². The van der Waals surface area contributed by atoms with Gasteiger partial charge in [-0.05, 0) is 44.5 Å². The number of hydrogen-bond acceptors (Lipinski definition) is 3. The van der Waals surface area contributed by atoms with Crippen LogP contribution >= 0.6 is 0 Å². The molecule has 18 heavy (non-hydrogen) atoms. The summed E-state index contributed by atoms with van der Waals surface area (Å²) in [5, 5.41) is 3.33. The summed E-state index contributed by atoms with van der Waals surface area (Å²) in [5.74, 6) is 0.344. The van der Waals surface area contributed by atoms with E-state index in [1.807, 2.05) is 24.1 Å². The Bertz CT molecular complexity index is 407. The lowest BCUT2D eigenvalue weighted by Gasteiger charge is -2.29. The van der Waals surface area contributed by atoms with Gasteiger partial charge in [-0.15, -0.1) is 0 Å². The Labute approximate surface area is 108 Å². The van der Waals surface area contributed by atoms with Crippen LogP contribution in [-0.4, -0.2) is 35.4 Å². The van der Waals surface area contributed by atoms with Crippen LogP contribution in [0, 0.1) is 5.92 Å². The predicted octanol–water partition coefficient (Wildman–Crippen LogP) is 1.60. The highest BCUT2D eigenvalue weighted by atomic mass is 16.2. The van der Waals surface area contributed by atoms with E-state index in [4.69, 9.17) is 0 Å². The molecule has 3 unspecified atom stereocenters. The summed E-state index contributed by atoms with van der Waals surface area (Å²) in [6, 6.07) is 4.30. The number of aromatic nitrogens is 1. The topological polar surface area (TPSA) is 45.2 Å². The molecule has 4 heteroatoms. The Morgan fingerprint density at radius 2 is 2.17 bits per heavy atom. The fraction of sp³-hybridized carbons (Fsp3) is 0.571. The highest BCUT2D eigenvalue weighted by molar-refractivity contribution is 5.80. The second kappa shape index (κ2) is 5.48. The molecule has 2 rings (SSSR count). The SMILES string of the molecule is CC1NCCC1C(=O)N(C)C(C)c1ccncc1. The van der Waals surface area contributed by atoms with Crippen LogP contribution in [0.15, 0.2) is 24.5 Å². The van der Waals surface area contributed by atoms with Gasteiger partial charge in [0.15, 0.2) is 0 Å². The van der Waals surface area contributed by atoms with E-state index >= 15 is 0 Å². The van der Waals surface area contributed by atoms with E-state index in [9.17, 15) is 4.79 Å². The van der Waals surface area contributed by atoms with Crippen molar-refractivity contribution >= 4 is 5.91 Å². The minimum Gasteiger partial charge on any atom is -0.339 e. The first-order valence-corrected chi connectivity index (χ1v) is 6.51.